The van der Waals surface area contributed by atoms with Gasteiger partial charge in [-0.15, -0.1) is 11.8 Å². The van der Waals surface area contributed by atoms with Crippen LogP contribution in [0, 0.1) is 0 Å². The monoisotopic (exact) mass is 328 g/mol. The molecule has 6 heteroatoms. The first-order valence-corrected chi connectivity index (χ1v) is 7.84. The Morgan fingerprint density at radius 2 is 2.00 bits per heavy atom. The third-order valence-electron chi connectivity index (χ3n) is 2.70. The summed E-state index contributed by atoms with van der Waals surface area (Å²) >= 11 is 13.6. The van der Waals surface area contributed by atoms with E-state index in [1.165, 1.54) is 6.07 Å². The third kappa shape index (κ3) is 4.20. The second kappa shape index (κ2) is 7.07. The van der Waals surface area contributed by atoms with E-state index < -0.39 is 0 Å². The highest BCUT2D eigenvalue weighted by Gasteiger charge is 2.03. The molecule has 1 heterocycles. The molecular formula is C14H14Cl2N2OS. The summed E-state index contributed by atoms with van der Waals surface area (Å²) in [7, 11) is 0. The van der Waals surface area contributed by atoms with Gasteiger partial charge in [0.2, 0.25) is 0 Å². The minimum atomic E-state index is -0.0370. The number of nitrogens with zero attached hydrogens (tertiary/aromatic N) is 1. The molecule has 0 aliphatic carbocycles. The van der Waals surface area contributed by atoms with E-state index in [2.05, 4.69) is 0 Å². The fourth-order valence-electron chi connectivity index (χ4n) is 1.73. The molecule has 0 atom stereocenters. The summed E-state index contributed by atoms with van der Waals surface area (Å²) in [5.74, 6) is 0.849. The molecule has 1 aromatic heterocycles. The molecule has 3 nitrogen and oxygen atoms in total. The molecule has 0 bridgehead atoms. The van der Waals surface area contributed by atoms with Crippen LogP contribution in [0.3, 0.4) is 0 Å². The van der Waals surface area contributed by atoms with E-state index in [9.17, 15) is 4.79 Å². The number of pyridine rings is 1. The number of thioether (sulfide) groups is 1. The highest BCUT2D eigenvalue weighted by molar-refractivity contribution is 7.99. The zero-order valence-electron chi connectivity index (χ0n) is 10.7. The predicted molar refractivity (Wildman–Crippen MR) is 86.9 cm³/mol. The summed E-state index contributed by atoms with van der Waals surface area (Å²) in [5.41, 5.74) is 6.22. The topological polar surface area (TPSA) is 48.0 Å². The van der Waals surface area contributed by atoms with Crippen LogP contribution >= 0.6 is 35.0 Å². The van der Waals surface area contributed by atoms with Crippen molar-refractivity contribution >= 4 is 40.7 Å². The molecule has 0 radical (unpaired) electrons. The molecule has 2 N–H and O–H groups in total. The molecule has 0 saturated carbocycles. The quantitative estimate of drug-likeness (QED) is 0.668. The van der Waals surface area contributed by atoms with Crippen molar-refractivity contribution in [2.45, 2.75) is 17.9 Å². The van der Waals surface area contributed by atoms with Crippen molar-refractivity contribution < 1.29 is 0 Å². The van der Waals surface area contributed by atoms with E-state index in [1.54, 1.807) is 40.7 Å². The van der Waals surface area contributed by atoms with Crippen LogP contribution in [0.4, 0.5) is 5.69 Å². The molecule has 0 unspecified atom stereocenters. The number of nitrogens with two attached hydrogens (primary N) is 1. The maximum absolute atomic E-state index is 11.6. The van der Waals surface area contributed by atoms with Crippen LogP contribution in [0.25, 0.3) is 0 Å². The fourth-order valence-corrected chi connectivity index (χ4v) is 3.16. The second-order valence-corrected chi connectivity index (χ2v) is 6.25. The predicted octanol–water partition coefficient (Wildman–Crippen LogP) is 3.92. The van der Waals surface area contributed by atoms with Gasteiger partial charge in [0.15, 0.2) is 0 Å². The lowest BCUT2D eigenvalue weighted by atomic mass is 10.4. The number of nitrogen functional groups attached to an aromatic ring is 1. The number of benzene rings is 1. The summed E-state index contributed by atoms with van der Waals surface area (Å²) < 4.78 is 1.62. The highest BCUT2D eigenvalue weighted by Crippen LogP contribution is 2.30. The summed E-state index contributed by atoms with van der Waals surface area (Å²) in [4.78, 5) is 12.6. The van der Waals surface area contributed by atoms with Gasteiger partial charge in [0.1, 0.15) is 0 Å². The Morgan fingerprint density at radius 1 is 1.20 bits per heavy atom. The average Bonchev–Trinajstić information content (AvgIpc) is 2.42. The van der Waals surface area contributed by atoms with Gasteiger partial charge in [0.25, 0.3) is 5.56 Å². The van der Waals surface area contributed by atoms with Crippen molar-refractivity contribution in [3.8, 4) is 0 Å². The van der Waals surface area contributed by atoms with Crippen molar-refractivity contribution in [3.63, 3.8) is 0 Å². The normalized spacial score (nSPS) is 10.7. The molecule has 1 aromatic carbocycles. The Labute approximate surface area is 131 Å². The third-order valence-corrected chi connectivity index (χ3v) is 4.52. The number of aromatic nitrogens is 1. The van der Waals surface area contributed by atoms with Crippen molar-refractivity contribution in [3.05, 3.63) is 56.9 Å². The number of hydrogen-bond acceptors (Lipinski definition) is 3. The van der Waals surface area contributed by atoms with Gasteiger partial charge in [0, 0.05) is 34.4 Å². The summed E-state index contributed by atoms with van der Waals surface area (Å²) in [6.07, 6.45) is 2.51. The average molecular weight is 329 g/mol. The van der Waals surface area contributed by atoms with Crippen molar-refractivity contribution in [1.82, 2.24) is 4.57 Å². The van der Waals surface area contributed by atoms with Gasteiger partial charge in [-0.2, -0.15) is 0 Å². The van der Waals surface area contributed by atoms with Crippen molar-refractivity contribution in [2.24, 2.45) is 0 Å². The Balaban J connectivity index is 1.89. The van der Waals surface area contributed by atoms with E-state index in [4.69, 9.17) is 28.9 Å². The van der Waals surface area contributed by atoms with E-state index >= 15 is 0 Å². The smallest absolute Gasteiger partial charge is 0.250 e. The van der Waals surface area contributed by atoms with Crippen LogP contribution in [0.2, 0.25) is 10.0 Å². The molecule has 106 valence electrons. The first kappa shape index (κ1) is 15.3. The Morgan fingerprint density at radius 3 is 2.80 bits per heavy atom. The lowest BCUT2D eigenvalue weighted by molar-refractivity contribution is 0.660. The molecule has 0 spiro atoms. The summed E-state index contributed by atoms with van der Waals surface area (Å²) in [6, 6.07) is 8.49. The number of rotatable bonds is 5. The van der Waals surface area contributed by atoms with E-state index in [1.807, 2.05) is 6.07 Å². The highest BCUT2D eigenvalue weighted by atomic mass is 35.5. The molecular weight excluding hydrogens is 315 g/mol. The van der Waals surface area contributed by atoms with Crippen LogP contribution in [-0.2, 0) is 6.54 Å². The molecule has 20 heavy (non-hydrogen) atoms. The van der Waals surface area contributed by atoms with Gasteiger partial charge in [-0.1, -0.05) is 23.2 Å². The minimum absolute atomic E-state index is 0.0370. The fraction of sp³-hybridized carbons (Fsp3) is 0.214. The van der Waals surface area contributed by atoms with Gasteiger partial charge >= 0.3 is 0 Å². The lowest BCUT2D eigenvalue weighted by Gasteiger charge is -2.07. The largest absolute Gasteiger partial charge is 0.398 e. The van der Waals surface area contributed by atoms with Gasteiger partial charge in [0.05, 0.1) is 5.02 Å². The van der Waals surface area contributed by atoms with Crippen LogP contribution in [0.1, 0.15) is 6.42 Å². The van der Waals surface area contributed by atoms with Gasteiger partial charge < -0.3 is 10.3 Å². The maximum atomic E-state index is 11.6. The van der Waals surface area contributed by atoms with Gasteiger partial charge in [-0.05, 0) is 36.4 Å². The number of anilines is 1. The zero-order chi connectivity index (χ0) is 14.5. The molecule has 0 amide bonds. The van der Waals surface area contributed by atoms with E-state index in [0.717, 1.165) is 17.1 Å². The zero-order valence-corrected chi connectivity index (χ0v) is 13.0. The van der Waals surface area contributed by atoms with E-state index in [-0.39, 0.29) is 5.56 Å². The summed E-state index contributed by atoms with van der Waals surface area (Å²) in [5, 5.41) is 1.37. The molecule has 0 fully saturated rings. The van der Waals surface area contributed by atoms with Crippen molar-refractivity contribution in [2.75, 3.05) is 11.5 Å². The number of hydrogen-bond donors (Lipinski definition) is 1. The molecule has 0 aliphatic rings. The van der Waals surface area contributed by atoms with E-state index in [0.29, 0.717) is 22.3 Å². The maximum Gasteiger partial charge on any atom is 0.250 e. The molecule has 0 aliphatic heterocycles. The van der Waals surface area contributed by atoms with Crippen molar-refractivity contribution in [1.29, 1.82) is 0 Å². The number of aryl methyl sites for hydroxylation is 1. The standard InChI is InChI=1S/C14H14Cl2N2OS/c15-10-2-4-12(16)13(8-10)20-7-1-6-18-9-11(17)3-5-14(18)19/h2-5,8-9H,1,6-7,17H2. The SMILES string of the molecule is Nc1ccc(=O)n(CCCSc2cc(Cl)ccc2Cl)c1. The Kier molecular flexibility index (Phi) is 5.40. The molecule has 0 saturated heterocycles. The lowest BCUT2D eigenvalue weighted by Crippen LogP contribution is -2.19. The van der Waals surface area contributed by atoms with Crippen LogP contribution in [-0.4, -0.2) is 10.3 Å². The first-order valence-electron chi connectivity index (χ1n) is 6.10. The first-order chi connectivity index (χ1) is 9.56. The van der Waals surface area contributed by atoms with Crippen LogP contribution in [0.15, 0.2) is 46.2 Å². The Bertz CT molecular complexity index is 658. The van der Waals surface area contributed by atoms with Crippen LogP contribution < -0.4 is 11.3 Å². The molecule has 2 aromatic rings. The van der Waals surface area contributed by atoms with Gasteiger partial charge in [-0.3, -0.25) is 4.79 Å². The molecule has 2 rings (SSSR count). The second-order valence-electron chi connectivity index (χ2n) is 4.27. The van der Waals surface area contributed by atoms with Gasteiger partial charge in [-0.25, -0.2) is 0 Å². The van der Waals surface area contributed by atoms with Crippen LogP contribution in [0.5, 0.6) is 0 Å². The minimum Gasteiger partial charge on any atom is -0.398 e. The summed E-state index contributed by atoms with van der Waals surface area (Å²) in [6.45, 7) is 0.634. The Hall–Kier alpha value is -1.10. The number of halogens is 2.